The van der Waals surface area contributed by atoms with Crippen molar-refractivity contribution < 1.29 is 0 Å². The highest BCUT2D eigenvalue weighted by molar-refractivity contribution is 7.11. The Morgan fingerprint density at radius 2 is 2.29 bits per heavy atom. The van der Waals surface area contributed by atoms with E-state index in [0.29, 0.717) is 29.7 Å². The van der Waals surface area contributed by atoms with Crippen molar-refractivity contribution in [2.75, 3.05) is 5.32 Å². The lowest BCUT2D eigenvalue weighted by atomic mass is 9.85. The van der Waals surface area contributed by atoms with Crippen LogP contribution in [0.2, 0.25) is 5.02 Å². The van der Waals surface area contributed by atoms with Crippen LogP contribution in [-0.2, 0) is 13.1 Å². The Morgan fingerprint density at radius 3 is 2.90 bits per heavy atom. The Bertz CT molecular complexity index is 693. The molecular weight excluding hydrogens is 308 g/mol. The summed E-state index contributed by atoms with van der Waals surface area (Å²) in [7, 11) is 0. The zero-order valence-electron chi connectivity index (χ0n) is 11.8. The second kappa shape index (κ2) is 6.15. The molecule has 1 N–H and O–H groups in total. The lowest BCUT2D eigenvalue weighted by molar-refractivity contribution is 0.262. The van der Waals surface area contributed by atoms with E-state index in [9.17, 15) is 4.79 Å². The summed E-state index contributed by atoms with van der Waals surface area (Å²) in [4.78, 5) is 17.7. The maximum atomic E-state index is 12.4. The molecule has 112 valence electrons. The monoisotopic (exact) mass is 324 g/mol. The van der Waals surface area contributed by atoms with Gasteiger partial charge in [-0.05, 0) is 25.7 Å². The highest BCUT2D eigenvalue weighted by Crippen LogP contribution is 2.27. The van der Waals surface area contributed by atoms with Crippen LogP contribution in [0.25, 0.3) is 0 Å². The number of nitrogens with one attached hydrogen (secondary N) is 1. The highest BCUT2D eigenvalue weighted by atomic mass is 35.5. The number of hydrogen-bond acceptors (Lipinski definition) is 5. The van der Waals surface area contributed by atoms with Crippen molar-refractivity contribution in [1.29, 1.82) is 0 Å². The number of halogens is 1. The number of aryl methyl sites for hydroxylation is 1. The molecule has 2 heterocycles. The van der Waals surface area contributed by atoms with E-state index in [1.165, 1.54) is 23.9 Å². The third kappa shape index (κ3) is 3.27. The number of thiazole rings is 1. The minimum atomic E-state index is -0.143. The van der Waals surface area contributed by atoms with Crippen LogP contribution in [0.4, 0.5) is 5.69 Å². The number of hydrogen-bond donors (Lipinski definition) is 1. The van der Waals surface area contributed by atoms with Crippen LogP contribution in [0.5, 0.6) is 0 Å². The van der Waals surface area contributed by atoms with E-state index < -0.39 is 0 Å². The maximum absolute atomic E-state index is 12.4. The van der Waals surface area contributed by atoms with Crippen LogP contribution >= 0.6 is 22.9 Å². The van der Waals surface area contributed by atoms with Gasteiger partial charge in [-0.25, -0.2) is 9.67 Å². The third-order valence-electron chi connectivity index (χ3n) is 3.76. The van der Waals surface area contributed by atoms with Gasteiger partial charge in [0.05, 0.1) is 22.8 Å². The number of rotatable bonds is 5. The Labute approximate surface area is 132 Å². The summed E-state index contributed by atoms with van der Waals surface area (Å²) in [5, 5.41) is 8.64. The van der Waals surface area contributed by atoms with Gasteiger partial charge >= 0.3 is 0 Å². The van der Waals surface area contributed by atoms with Crippen LogP contribution in [0.1, 0.15) is 29.1 Å². The smallest absolute Gasteiger partial charge is 0.291 e. The molecule has 2 aromatic rings. The van der Waals surface area contributed by atoms with Gasteiger partial charge in [0.1, 0.15) is 5.69 Å². The fourth-order valence-corrected chi connectivity index (χ4v) is 3.27. The molecule has 5 nitrogen and oxygen atoms in total. The molecule has 0 bridgehead atoms. The molecule has 0 radical (unpaired) electrons. The fraction of sp³-hybridized carbons (Fsp3) is 0.500. The summed E-state index contributed by atoms with van der Waals surface area (Å²) >= 11 is 7.71. The van der Waals surface area contributed by atoms with E-state index in [1.54, 1.807) is 17.5 Å². The van der Waals surface area contributed by atoms with Crippen LogP contribution in [0, 0.1) is 12.8 Å². The molecule has 0 aromatic carbocycles. The Kier molecular flexibility index (Phi) is 4.26. The van der Waals surface area contributed by atoms with E-state index in [4.69, 9.17) is 11.6 Å². The van der Waals surface area contributed by atoms with E-state index in [2.05, 4.69) is 15.4 Å². The molecule has 1 saturated carbocycles. The van der Waals surface area contributed by atoms with E-state index in [0.717, 1.165) is 9.88 Å². The molecule has 1 aliphatic rings. The average molecular weight is 325 g/mol. The molecule has 0 aliphatic heterocycles. The van der Waals surface area contributed by atoms with Crippen molar-refractivity contribution in [2.24, 2.45) is 5.92 Å². The molecule has 1 aliphatic carbocycles. The fourth-order valence-electron chi connectivity index (χ4n) is 2.34. The summed E-state index contributed by atoms with van der Waals surface area (Å²) < 4.78 is 1.52. The first-order valence-corrected chi connectivity index (χ1v) is 8.23. The minimum absolute atomic E-state index is 0.143. The number of aromatic nitrogens is 3. The lowest BCUT2D eigenvalue weighted by Gasteiger charge is -2.25. The standard InChI is InChI=1S/C14H17ClN4OS/c1-9-16-5-11(21-9)6-17-13-12(15)7-18-19(14(13)20)8-10-3-2-4-10/h5,7,10,17H,2-4,6,8H2,1H3. The zero-order chi connectivity index (χ0) is 14.8. The van der Waals surface area contributed by atoms with Crippen molar-refractivity contribution >= 4 is 28.6 Å². The van der Waals surface area contributed by atoms with E-state index in [1.807, 2.05) is 13.1 Å². The largest absolute Gasteiger partial charge is 0.374 e. The summed E-state index contributed by atoms with van der Waals surface area (Å²) in [5.74, 6) is 0.577. The van der Waals surface area contributed by atoms with E-state index in [-0.39, 0.29) is 5.56 Å². The summed E-state index contributed by atoms with van der Waals surface area (Å²) in [6, 6.07) is 0. The van der Waals surface area contributed by atoms with Crippen LogP contribution in [0.3, 0.4) is 0 Å². The van der Waals surface area contributed by atoms with Crippen molar-refractivity contribution in [3.8, 4) is 0 Å². The molecule has 0 spiro atoms. The summed E-state index contributed by atoms with van der Waals surface area (Å²) in [6.45, 7) is 3.19. The van der Waals surface area contributed by atoms with Crippen molar-refractivity contribution in [2.45, 2.75) is 39.3 Å². The van der Waals surface area contributed by atoms with Crippen molar-refractivity contribution in [1.82, 2.24) is 14.8 Å². The van der Waals surface area contributed by atoms with Gasteiger partial charge in [0, 0.05) is 17.6 Å². The highest BCUT2D eigenvalue weighted by Gasteiger charge is 2.20. The molecule has 0 saturated heterocycles. The predicted molar refractivity (Wildman–Crippen MR) is 85.0 cm³/mol. The Hall–Kier alpha value is -1.40. The van der Waals surface area contributed by atoms with Gasteiger partial charge in [-0.3, -0.25) is 4.79 Å². The molecular formula is C14H17ClN4OS. The lowest BCUT2D eigenvalue weighted by Crippen LogP contribution is -2.30. The minimum Gasteiger partial charge on any atom is -0.374 e. The second-order valence-corrected chi connectivity index (χ2v) is 7.08. The van der Waals surface area contributed by atoms with Gasteiger partial charge in [-0.1, -0.05) is 18.0 Å². The summed E-state index contributed by atoms with van der Waals surface area (Å²) in [5.41, 5.74) is 0.285. The van der Waals surface area contributed by atoms with Crippen molar-refractivity contribution in [3.05, 3.63) is 37.7 Å². The molecule has 2 aromatic heterocycles. The van der Waals surface area contributed by atoms with E-state index >= 15 is 0 Å². The SMILES string of the molecule is Cc1ncc(CNc2c(Cl)cnn(CC3CCC3)c2=O)s1. The van der Waals surface area contributed by atoms with Gasteiger partial charge in [-0.2, -0.15) is 5.10 Å². The first kappa shape index (κ1) is 14.5. The predicted octanol–water partition coefficient (Wildman–Crippen LogP) is 3.07. The first-order chi connectivity index (χ1) is 10.1. The molecule has 0 unspecified atom stereocenters. The summed E-state index contributed by atoms with van der Waals surface area (Å²) in [6.07, 6.45) is 6.97. The average Bonchev–Trinajstić information content (AvgIpc) is 2.81. The number of anilines is 1. The Morgan fingerprint density at radius 1 is 1.48 bits per heavy atom. The van der Waals surface area contributed by atoms with Crippen molar-refractivity contribution in [3.63, 3.8) is 0 Å². The molecule has 0 amide bonds. The van der Waals surface area contributed by atoms with Gasteiger partial charge in [0.15, 0.2) is 0 Å². The third-order valence-corrected chi connectivity index (χ3v) is 4.96. The topological polar surface area (TPSA) is 59.8 Å². The first-order valence-electron chi connectivity index (χ1n) is 7.04. The Balaban J connectivity index is 1.76. The number of nitrogens with zero attached hydrogens (tertiary/aromatic N) is 3. The molecule has 7 heteroatoms. The quantitative estimate of drug-likeness (QED) is 0.918. The normalized spacial score (nSPS) is 15.0. The zero-order valence-corrected chi connectivity index (χ0v) is 13.4. The van der Waals surface area contributed by atoms with Gasteiger partial charge in [-0.15, -0.1) is 11.3 Å². The van der Waals surface area contributed by atoms with Gasteiger partial charge in [0.25, 0.3) is 5.56 Å². The van der Waals surface area contributed by atoms with Crippen LogP contribution in [0.15, 0.2) is 17.2 Å². The van der Waals surface area contributed by atoms with Crippen LogP contribution in [-0.4, -0.2) is 14.8 Å². The molecule has 3 rings (SSSR count). The maximum Gasteiger partial charge on any atom is 0.291 e. The molecule has 21 heavy (non-hydrogen) atoms. The van der Waals surface area contributed by atoms with Gasteiger partial charge in [0.2, 0.25) is 0 Å². The molecule has 1 fully saturated rings. The second-order valence-electron chi connectivity index (χ2n) is 5.35. The van der Waals surface area contributed by atoms with Crippen LogP contribution < -0.4 is 10.9 Å². The molecule has 0 atom stereocenters. The van der Waals surface area contributed by atoms with Gasteiger partial charge < -0.3 is 5.32 Å².